The van der Waals surface area contributed by atoms with Gasteiger partial charge in [-0.1, -0.05) is 176 Å². The molecule has 0 radical (unpaired) electrons. The first kappa shape index (κ1) is 32.3. The first-order chi connectivity index (χ1) is 27.2. The molecule has 1 saturated carbocycles. The Morgan fingerprint density at radius 3 is 1.73 bits per heavy atom. The van der Waals surface area contributed by atoms with Crippen molar-refractivity contribution in [2.75, 3.05) is 0 Å². The third-order valence-corrected chi connectivity index (χ3v) is 12.9. The van der Waals surface area contributed by atoms with Crippen molar-refractivity contribution in [2.24, 2.45) is 5.92 Å². The quantitative estimate of drug-likeness (QED) is 0.174. The molecule has 55 heavy (non-hydrogen) atoms. The fraction of sp³-hybridized carbons (Fsp3) is 0.148. The maximum absolute atomic E-state index is 7.15. The molecule has 0 bridgehead atoms. The minimum absolute atomic E-state index is 0.221. The lowest BCUT2D eigenvalue weighted by Gasteiger charge is -2.36. The van der Waals surface area contributed by atoms with Gasteiger partial charge in [0.15, 0.2) is 0 Å². The van der Waals surface area contributed by atoms with Gasteiger partial charge in [-0.05, 0) is 110 Å². The molecule has 4 atom stereocenters. The summed E-state index contributed by atoms with van der Waals surface area (Å²) in [6, 6.07) is 58.6. The average molecular weight is 707 g/mol. The Morgan fingerprint density at radius 2 is 1.02 bits per heavy atom. The van der Waals surface area contributed by atoms with Crippen LogP contribution in [0.25, 0.3) is 55.3 Å². The highest BCUT2D eigenvalue weighted by atomic mass is 16.3. The second-order valence-electron chi connectivity index (χ2n) is 16.0. The summed E-state index contributed by atoms with van der Waals surface area (Å²) in [7, 11) is 0. The van der Waals surface area contributed by atoms with Gasteiger partial charge in [0, 0.05) is 22.8 Å². The second kappa shape index (κ2) is 13.3. The van der Waals surface area contributed by atoms with E-state index in [1.165, 1.54) is 71.4 Å². The maximum Gasteiger partial charge on any atom is 0.138 e. The van der Waals surface area contributed by atoms with Crippen LogP contribution >= 0.6 is 0 Å². The van der Waals surface area contributed by atoms with Gasteiger partial charge in [0.1, 0.15) is 11.3 Å². The number of para-hydroxylation sites is 1. The lowest BCUT2D eigenvalue weighted by molar-refractivity contribution is 0.351. The molecule has 264 valence electrons. The van der Waals surface area contributed by atoms with Gasteiger partial charge in [-0.3, -0.25) is 0 Å². The molecule has 0 aliphatic heterocycles. The van der Waals surface area contributed by atoms with E-state index >= 15 is 0 Å². The molecule has 7 aromatic carbocycles. The largest absolute Gasteiger partial charge is 0.456 e. The molecule has 1 heterocycles. The molecule has 1 heteroatoms. The molecule has 8 aromatic rings. The number of hydrogen-bond acceptors (Lipinski definition) is 1. The van der Waals surface area contributed by atoms with Gasteiger partial charge in [-0.15, -0.1) is 0 Å². The van der Waals surface area contributed by atoms with Gasteiger partial charge in [0.2, 0.25) is 0 Å². The molecule has 3 aliphatic rings. The van der Waals surface area contributed by atoms with E-state index in [-0.39, 0.29) is 11.8 Å². The zero-order chi connectivity index (χ0) is 36.3. The van der Waals surface area contributed by atoms with E-state index < -0.39 is 0 Å². The van der Waals surface area contributed by atoms with Crippen LogP contribution in [-0.4, -0.2) is 0 Å². The van der Waals surface area contributed by atoms with Gasteiger partial charge in [0.05, 0.1) is 0 Å². The van der Waals surface area contributed by atoms with E-state index in [4.69, 9.17) is 4.42 Å². The smallest absolute Gasteiger partial charge is 0.138 e. The predicted molar refractivity (Wildman–Crippen MR) is 230 cm³/mol. The summed E-state index contributed by atoms with van der Waals surface area (Å²) in [4.78, 5) is 0. The zero-order valence-corrected chi connectivity index (χ0v) is 30.8. The topological polar surface area (TPSA) is 13.1 Å². The number of furan rings is 1. The molecule has 0 saturated heterocycles. The van der Waals surface area contributed by atoms with Crippen LogP contribution in [0.5, 0.6) is 0 Å². The third-order valence-electron chi connectivity index (χ3n) is 12.9. The van der Waals surface area contributed by atoms with Crippen LogP contribution in [0.1, 0.15) is 76.5 Å². The number of fused-ring (bicyclic) bond motifs is 7. The molecule has 0 spiro atoms. The minimum atomic E-state index is 0.221. The van der Waals surface area contributed by atoms with Crippen LogP contribution in [-0.2, 0) is 0 Å². The van der Waals surface area contributed by atoms with Crippen molar-refractivity contribution in [3.63, 3.8) is 0 Å². The molecule has 1 nitrogen and oxygen atoms in total. The number of rotatable bonds is 5. The summed E-state index contributed by atoms with van der Waals surface area (Å²) in [6.45, 7) is 0. The zero-order valence-electron chi connectivity index (χ0n) is 30.8. The molecular weight excluding hydrogens is 665 g/mol. The highest BCUT2D eigenvalue weighted by Crippen LogP contribution is 2.53. The maximum atomic E-state index is 7.15. The normalized spacial score (nSPS) is 21.7. The van der Waals surface area contributed by atoms with E-state index in [0.717, 1.165) is 30.6 Å². The summed E-state index contributed by atoms with van der Waals surface area (Å²) < 4.78 is 7.15. The number of benzene rings is 7. The predicted octanol–water partition coefficient (Wildman–Crippen LogP) is 14.6. The van der Waals surface area contributed by atoms with E-state index in [0.29, 0.717) is 17.8 Å². The van der Waals surface area contributed by atoms with Gasteiger partial charge in [-0.2, -0.15) is 0 Å². The van der Waals surface area contributed by atoms with E-state index in [9.17, 15) is 0 Å². The van der Waals surface area contributed by atoms with Crippen molar-refractivity contribution in [1.29, 1.82) is 0 Å². The monoisotopic (exact) mass is 706 g/mol. The fourth-order valence-electron chi connectivity index (χ4n) is 10.2. The third kappa shape index (κ3) is 5.69. The molecular formula is C54H42O. The van der Waals surface area contributed by atoms with Crippen LogP contribution in [0.2, 0.25) is 0 Å². The molecule has 1 aromatic heterocycles. The second-order valence-corrected chi connectivity index (χ2v) is 16.0. The van der Waals surface area contributed by atoms with Crippen molar-refractivity contribution in [3.8, 4) is 11.1 Å². The Bertz CT molecular complexity index is 2740. The van der Waals surface area contributed by atoms with Crippen LogP contribution in [0.3, 0.4) is 0 Å². The Morgan fingerprint density at radius 1 is 0.436 bits per heavy atom. The molecule has 0 N–H and O–H groups in total. The van der Waals surface area contributed by atoms with Gasteiger partial charge < -0.3 is 4.42 Å². The van der Waals surface area contributed by atoms with Crippen LogP contribution in [0.4, 0.5) is 0 Å². The SMILES string of the molecule is C1=CC2C(c3cccc(-c4ccccc4)c3)=Cc3oc4c(C5CC(c6ccc7ccccc7c6)CC(c6ccc7ccccc7c6)C5)cccc4c3C2C=C1. The van der Waals surface area contributed by atoms with Crippen molar-refractivity contribution >= 4 is 44.2 Å². The summed E-state index contributed by atoms with van der Waals surface area (Å²) in [5, 5.41) is 6.53. The average Bonchev–Trinajstić information content (AvgIpc) is 3.65. The lowest BCUT2D eigenvalue weighted by Crippen LogP contribution is -2.20. The first-order valence-electron chi connectivity index (χ1n) is 20.0. The van der Waals surface area contributed by atoms with Crippen LogP contribution in [0.15, 0.2) is 186 Å². The highest BCUT2D eigenvalue weighted by molar-refractivity contribution is 5.96. The highest BCUT2D eigenvalue weighted by Gasteiger charge is 2.37. The Balaban J connectivity index is 1.02. The van der Waals surface area contributed by atoms with Crippen LogP contribution in [0, 0.1) is 5.92 Å². The van der Waals surface area contributed by atoms with Crippen LogP contribution < -0.4 is 0 Å². The number of hydrogen-bond donors (Lipinski definition) is 0. The molecule has 0 amide bonds. The van der Waals surface area contributed by atoms with E-state index in [2.05, 4.69) is 188 Å². The molecule has 11 rings (SSSR count). The molecule has 4 unspecified atom stereocenters. The molecule has 3 aliphatic carbocycles. The van der Waals surface area contributed by atoms with Crippen molar-refractivity contribution in [2.45, 2.75) is 42.9 Å². The summed E-state index contributed by atoms with van der Waals surface area (Å²) >= 11 is 0. The Labute approximate surface area is 323 Å². The lowest BCUT2D eigenvalue weighted by atomic mass is 9.68. The Kier molecular flexibility index (Phi) is 7.80. The van der Waals surface area contributed by atoms with E-state index in [1.54, 1.807) is 0 Å². The summed E-state index contributed by atoms with van der Waals surface area (Å²) in [5.41, 5.74) is 11.7. The number of allylic oxidation sites excluding steroid dienone is 5. The van der Waals surface area contributed by atoms with Crippen molar-refractivity contribution in [1.82, 2.24) is 0 Å². The summed E-state index contributed by atoms with van der Waals surface area (Å²) in [6.07, 6.45) is 14.9. The van der Waals surface area contributed by atoms with Crippen molar-refractivity contribution < 1.29 is 4.42 Å². The Hall–Kier alpha value is -6.18. The molecule has 1 fully saturated rings. The van der Waals surface area contributed by atoms with Crippen molar-refractivity contribution in [3.05, 3.63) is 216 Å². The standard InChI is InChI=1S/C54H42O/c1-2-12-35(13-3-1)40-18-10-19-43(30-40)51-34-52-53(49-21-9-8-20-48(49)51)50-23-11-22-47(54(50)55-52)46-32-44(41-26-24-36-14-4-6-16-38(36)28-41)31-45(33-46)42-27-25-37-15-5-7-17-39(37)29-42/h1-30,34,44-46,48-49H,31-33H2. The van der Waals surface area contributed by atoms with Gasteiger partial charge in [-0.25, -0.2) is 0 Å². The van der Waals surface area contributed by atoms with Gasteiger partial charge >= 0.3 is 0 Å². The van der Waals surface area contributed by atoms with E-state index in [1.807, 2.05) is 0 Å². The fourth-order valence-corrected chi connectivity index (χ4v) is 10.2. The van der Waals surface area contributed by atoms with Gasteiger partial charge in [0.25, 0.3) is 0 Å². The first-order valence-corrected chi connectivity index (χ1v) is 20.0. The minimum Gasteiger partial charge on any atom is -0.456 e. The summed E-state index contributed by atoms with van der Waals surface area (Å²) in [5.74, 6) is 2.73.